The van der Waals surface area contributed by atoms with E-state index in [4.69, 9.17) is 25.8 Å². The summed E-state index contributed by atoms with van der Waals surface area (Å²) < 4.78 is 29.0. The van der Waals surface area contributed by atoms with Crippen LogP contribution in [0, 0.1) is 12.7 Å². The molecule has 0 radical (unpaired) electrons. The molecule has 6 nitrogen and oxygen atoms in total. The van der Waals surface area contributed by atoms with Gasteiger partial charge in [-0.25, -0.2) is 9.18 Å². The van der Waals surface area contributed by atoms with Crippen LogP contribution >= 0.6 is 11.6 Å². The Balaban J connectivity index is 2.01. The fourth-order valence-corrected chi connectivity index (χ4v) is 2.47. The quantitative estimate of drug-likeness (QED) is 0.717. The van der Waals surface area contributed by atoms with Crippen LogP contribution in [0.15, 0.2) is 30.3 Å². The second-order valence-corrected chi connectivity index (χ2v) is 5.92. The van der Waals surface area contributed by atoms with E-state index >= 15 is 0 Å². The Kier molecular flexibility index (Phi) is 7.01. The number of hydrogen-bond donors (Lipinski definition) is 1. The third-order valence-electron chi connectivity index (χ3n) is 3.54. The highest BCUT2D eigenvalue weighted by Gasteiger charge is 2.17. The third kappa shape index (κ3) is 5.34. The molecule has 0 aliphatic carbocycles. The minimum atomic E-state index is -0.761. The largest absolute Gasteiger partial charge is 0.493 e. The van der Waals surface area contributed by atoms with Crippen molar-refractivity contribution in [3.63, 3.8) is 0 Å². The Morgan fingerprint density at radius 1 is 1.22 bits per heavy atom. The van der Waals surface area contributed by atoms with Gasteiger partial charge in [-0.3, -0.25) is 4.79 Å². The molecule has 0 fully saturated rings. The zero-order valence-electron chi connectivity index (χ0n) is 15.1. The van der Waals surface area contributed by atoms with Gasteiger partial charge in [0.1, 0.15) is 5.82 Å². The van der Waals surface area contributed by atoms with E-state index in [-0.39, 0.29) is 22.0 Å². The van der Waals surface area contributed by atoms with Crippen molar-refractivity contribution in [2.24, 2.45) is 0 Å². The fourth-order valence-electron chi connectivity index (χ4n) is 2.20. The Bertz CT molecular complexity index is 856. The van der Waals surface area contributed by atoms with E-state index in [2.05, 4.69) is 5.32 Å². The summed E-state index contributed by atoms with van der Waals surface area (Å²) in [7, 11) is 1.41. The van der Waals surface area contributed by atoms with Crippen molar-refractivity contribution in [2.45, 2.75) is 13.8 Å². The number of carbonyl (C=O) groups is 2. The summed E-state index contributed by atoms with van der Waals surface area (Å²) in [5.41, 5.74) is 0.833. The molecule has 0 saturated carbocycles. The molecule has 0 unspecified atom stereocenters. The number of benzene rings is 2. The first-order chi connectivity index (χ1) is 12.8. The maximum Gasteiger partial charge on any atom is 0.338 e. The molecule has 0 aliphatic rings. The maximum absolute atomic E-state index is 13.5. The smallest absolute Gasteiger partial charge is 0.338 e. The van der Waals surface area contributed by atoms with Gasteiger partial charge in [-0.1, -0.05) is 17.7 Å². The summed E-state index contributed by atoms with van der Waals surface area (Å²) in [6.07, 6.45) is 0. The van der Waals surface area contributed by atoms with Crippen molar-refractivity contribution in [1.29, 1.82) is 0 Å². The number of amides is 1. The molecule has 1 amide bonds. The average molecular weight is 396 g/mol. The van der Waals surface area contributed by atoms with Crippen LogP contribution in [0.5, 0.6) is 11.5 Å². The van der Waals surface area contributed by atoms with Gasteiger partial charge in [-0.2, -0.15) is 0 Å². The van der Waals surface area contributed by atoms with Crippen molar-refractivity contribution in [1.82, 2.24) is 0 Å². The Labute approximate surface area is 161 Å². The lowest BCUT2D eigenvalue weighted by Gasteiger charge is -2.13. The molecule has 144 valence electrons. The molecule has 8 heteroatoms. The van der Waals surface area contributed by atoms with Gasteiger partial charge < -0.3 is 19.5 Å². The number of esters is 1. The number of nitrogens with one attached hydrogen (secondary N) is 1. The van der Waals surface area contributed by atoms with Crippen LogP contribution in [0.2, 0.25) is 5.02 Å². The number of carbonyl (C=O) groups excluding carboxylic acids is 2. The molecule has 2 rings (SSSR count). The number of aryl methyl sites for hydroxylation is 1. The predicted octanol–water partition coefficient (Wildman–Crippen LogP) is 3.99. The lowest BCUT2D eigenvalue weighted by Crippen LogP contribution is -2.21. The van der Waals surface area contributed by atoms with E-state index in [1.165, 1.54) is 31.4 Å². The van der Waals surface area contributed by atoms with Crippen LogP contribution in [0.25, 0.3) is 0 Å². The maximum atomic E-state index is 13.5. The summed E-state index contributed by atoms with van der Waals surface area (Å²) >= 11 is 6.11. The molecule has 0 spiro atoms. The van der Waals surface area contributed by atoms with Crippen molar-refractivity contribution >= 4 is 29.2 Å². The number of anilines is 1. The van der Waals surface area contributed by atoms with Crippen molar-refractivity contribution < 1.29 is 28.2 Å². The first-order valence-corrected chi connectivity index (χ1v) is 8.47. The highest BCUT2D eigenvalue weighted by molar-refractivity contribution is 6.32. The molecule has 27 heavy (non-hydrogen) atoms. The molecule has 0 aliphatic heterocycles. The number of methoxy groups -OCH3 is 1. The number of halogens is 2. The lowest BCUT2D eigenvalue weighted by atomic mass is 10.2. The third-order valence-corrected chi connectivity index (χ3v) is 3.82. The Morgan fingerprint density at radius 2 is 1.96 bits per heavy atom. The topological polar surface area (TPSA) is 73.9 Å². The first kappa shape index (κ1) is 20.5. The van der Waals surface area contributed by atoms with Gasteiger partial charge >= 0.3 is 5.97 Å². The number of ether oxygens (including phenoxy) is 3. The van der Waals surface area contributed by atoms with E-state index in [0.29, 0.717) is 17.9 Å². The van der Waals surface area contributed by atoms with E-state index in [1.54, 1.807) is 19.9 Å². The van der Waals surface area contributed by atoms with Crippen molar-refractivity contribution in [3.8, 4) is 11.5 Å². The molecular weight excluding hydrogens is 377 g/mol. The zero-order valence-corrected chi connectivity index (χ0v) is 15.9. The Morgan fingerprint density at radius 3 is 2.59 bits per heavy atom. The molecular formula is C19H19ClFNO5. The van der Waals surface area contributed by atoms with Crippen molar-refractivity contribution in [3.05, 3.63) is 52.3 Å². The van der Waals surface area contributed by atoms with Crippen molar-refractivity contribution in [2.75, 3.05) is 25.6 Å². The monoisotopic (exact) mass is 395 g/mol. The molecule has 0 aromatic heterocycles. The fraction of sp³-hybridized carbons (Fsp3) is 0.263. The summed E-state index contributed by atoms with van der Waals surface area (Å²) in [5, 5.41) is 2.63. The SMILES string of the molecule is CCOc1c(Cl)cc(C(=O)OCC(=O)Nc2ccc(C)c(F)c2)cc1OC. The lowest BCUT2D eigenvalue weighted by molar-refractivity contribution is -0.119. The summed E-state index contributed by atoms with van der Waals surface area (Å²) in [6.45, 7) is 3.23. The van der Waals surface area contributed by atoms with Gasteiger partial charge in [0.15, 0.2) is 18.1 Å². The second-order valence-electron chi connectivity index (χ2n) is 5.51. The van der Waals surface area contributed by atoms with Crippen LogP contribution in [0.1, 0.15) is 22.8 Å². The van der Waals surface area contributed by atoms with Crippen LogP contribution in [0.3, 0.4) is 0 Å². The standard InChI is InChI=1S/C19H19ClFNO5/c1-4-26-18-14(20)7-12(8-16(18)25-3)19(24)27-10-17(23)22-13-6-5-11(2)15(21)9-13/h5-9H,4,10H2,1-3H3,(H,22,23). The molecule has 0 bridgehead atoms. The van der Waals surface area contributed by atoms with Gasteiger partial charge in [0.25, 0.3) is 5.91 Å². The minimum absolute atomic E-state index is 0.106. The minimum Gasteiger partial charge on any atom is -0.493 e. The van der Waals surface area contributed by atoms with Gasteiger partial charge in [0, 0.05) is 5.69 Å². The van der Waals surface area contributed by atoms with E-state index in [0.717, 1.165) is 0 Å². The van der Waals surface area contributed by atoms with Gasteiger partial charge in [0.2, 0.25) is 0 Å². The average Bonchev–Trinajstić information content (AvgIpc) is 2.64. The molecule has 2 aromatic carbocycles. The number of hydrogen-bond acceptors (Lipinski definition) is 5. The normalized spacial score (nSPS) is 10.3. The van der Waals surface area contributed by atoms with Crippen LogP contribution in [-0.2, 0) is 9.53 Å². The molecule has 2 aromatic rings. The summed E-state index contributed by atoms with van der Waals surface area (Å²) in [4.78, 5) is 24.1. The highest BCUT2D eigenvalue weighted by Crippen LogP contribution is 2.36. The van der Waals surface area contributed by atoms with Gasteiger partial charge in [0.05, 0.1) is 24.3 Å². The van der Waals surface area contributed by atoms with Crippen LogP contribution < -0.4 is 14.8 Å². The van der Waals surface area contributed by atoms with Crippen LogP contribution in [-0.4, -0.2) is 32.2 Å². The second kappa shape index (κ2) is 9.23. The van der Waals surface area contributed by atoms with Gasteiger partial charge in [-0.15, -0.1) is 0 Å². The summed E-state index contributed by atoms with van der Waals surface area (Å²) in [6, 6.07) is 7.05. The van der Waals surface area contributed by atoms with E-state index in [9.17, 15) is 14.0 Å². The first-order valence-electron chi connectivity index (χ1n) is 8.09. The Hall–Kier alpha value is -2.80. The number of rotatable bonds is 7. The highest BCUT2D eigenvalue weighted by atomic mass is 35.5. The van der Waals surface area contributed by atoms with Gasteiger partial charge in [-0.05, 0) is 43.7 Å². The van der Waals surface area contributed by atoms with E-state index in [1.807, 2.05) is 0 Å². The predicted molar refractivity (Wildman–Crippen MR) is 99.2 cm³/mol. The zero-order chi connectivity index (χ0) is 20.0. The molecule has 0 atom stereocenters. The van der Waals surface area contributed by atoms with E-state index < -0.39 is 24.3 Å². The molecule has 1 N–H and O–H groups in total. The molecule has 0 saturated heterocycles. The van der Waals surface area contributed by atoms with Crippen LogP contribution in [0.4, 0.5) is 10.1 Å². The summed E-state index contributed by atoms with van der Waals surface area (Å²) in [5.74, 6) is -1.21. The molecule has 0 heterocycles.